The van der Waals surface area contributed by atoms with Gasteiger partial charge in [-0.3, -0.25) is 0 Å². The monoisotopic (exact) mass is 279 g/mol. The normalized spacial score (nSPS) is 11.6. The van der Waals surface area contributed by atoms with Crippen LogP contribution in [0.5, 0.6) is 0 Å². The fourth-order valence-electron chi connectivity index (χ4n) is 3.26. The van der Waals surface area contributed by atoms with Crippen molar-refractivity contribution in [1.29, 1.82) is 0 Å². The average Bonchev–Trinajstić information content (AvgIpc) is 2.58. The minimum absolute atomic E-state index is 1.05. The molecule has 0 unspecified atom stereocenters. The van der Waals surface area contributed by atoms with E-state index in [0.717, 1.165) is 11.0 Å². The summed E-state index contributed by atoms with van der Waals surface area (Å²) in [5.41, 5.74) is 2.14. The van der Waals surface area contributed by atoms with Gasteiger partial charge in [0, 0.05) is 16.2 Å². The van der Waals surface area contributed by atoms with Gasteiger partial charge in [0.05, 0.1) is 11.0 Å². The summed E-state index contributed by atoms with van der Waals surface area (Å²) in [4.78, 5) is 4.91. The lowest BCUT2D eigenvalue weighted by Crippen LogP contribution is -1.85. The van der Waals surface area contributed by atoms with Crippen LogP contribution in [0.25, 0.3) is 43.4 Å². The molecule has 0 N–H and O–H groups in total. The van der Waals surface area contributed by atoms with Crippen LogP contribution in [0, 0.1) is 0 Å². The summed E-state index contributed by atoms with van der Waals surface area (Å²) in [5, 5.41) is 7.39. The Labute approximate surface area is 127 Å². The van der Waals surface area contributed by atoms with Crippen LogP contribution in [0.1, 0.15) is 0 Å². The Hall–Kier alpha value is -2.93. The van der Waals surface area contributed by atoms with E-state index < -0.39 is 0 Å². The number of fused-ring (bicyclic) bond motifs is 5. The van der Waals surface area contributed by atoms with E-state index in [1.165, 1.54) is 32.3 Å². The number of pyridine rings is 1. The largest absolute Gasteiger partial charge is 0.247 e. The van der Waals surface area contributed by atoms with E-state index in [0.29, 0.717) is 0 Å². The number of para-hydroxylation sites is 1. The molecule has 22 heavy (non-hydrogen) atoms. The van der Waals surface area contributed by atoms with Crippen molar-refractivity contribution in [2.24, 2.45) is 0 Å². The molecule has 4 aromatic carbocycles. The Bertz CT molecular complexity index is 1080. The summed E-state index contributed by atoms with van der Waals surface area (Å²) in [6.45, 7) is 0. The van der Waals surface area contributed by atoms with Crippen LogP contribution < -0.4 is 0 Å². The van der Waals surface area contributed by atoms with Crippen molar-refractivity contribution in [3.63, 3.8) is 0 Å². The molecule has 0 aliphatic heterocycles. The number of rotatable bonds is 0. The van der Waals surface area contributed by atoms with E-state index in [4.69, 9.17) is 4.98 Å². The molecule has 1 nitrogen and oxygen atoms in total. The number of aromatic nitrogens is 1. The standard InChI is InChI=1S/C21H13N/c1-2-6-15-13-19-16(11-14(15)5-1)9-10-18-12-17-7-3-4-8-20(17)22-21(18)19/h1-13H. The van der Waals surface area contributed by atoms with E-state index in [1.54, 1.807) is 0 Å². The zero-order valence-corrected chi connectivity index (χ0v) is 12.0. The van der Waals surface area contributed by atoms with Crippen LogP contribution in [0.4, 0.5) is 0 Å². The van der Waals surface area contributed by atoms with Gasteiger partial charge in [-0.1, -0.05) is 54.6 Å². The number of nitrogens with zero attached hydrogens (tertiary/aromatic N) is 1. The lowest BCUT2D eigenvalue weighted by Gasteiger charge is -2.07. The summed E-state index contributed by atoms with van der Waals surface area (Å²) >= 11 is 0. The Morgan fingerprint density at radius 2 is 1.14 bits per heavy atom. The third kappa shape index (κ3) is 1.63. The molecule has 0 atom stereocenters. The minimum atomic E-state index is 1.05. The molecular weight excluding hydrogens is 266 g/mol. The highest BCUT2D eigenvalue weighted by atomic mass is 14.7. The minimum Gasteiger partial charge on any atom is -0.247 e. The molecule has 0 aliphatic rings. The Morgan fingerprint density at radius 3 is 2.00 bits per heavy atom. The predicted molar refractivity (Wildman–Crippen MR) is 94.3 cm³/mol. The smallest absolute Gasteiger partial charge is 0.0788 e. The molecule has 5 aromatic rings. The second kappa shape index (κ2) is 4.28. The highest BCUT2D eigenvalue weighted by Gasteiger charge is 2.05. The first-order valence-corrected chi connectivity index (χ1v) is 7.49. The maximum Gasteiger partial charge on any atom is 0.0788 e. The first-order valence-electron chi connectivity index (χ1n) is 7.49. The fourth-order valence-corrected chi connectivity index (χ4v) is 3.26. The third-order valence-corrected chi connectivity index (χ3v) is 4.37. The van der Waals surface area contributed by atoms with Crippen molar-refractivity contribution < 1.29 is 0 Å². The Morgan fingerprint density at radius 1 is 0.500 bits per heavy atom. The van der Waals surface area contributed by atoms with Crippen molar-refractivity contribution >= 4 is 43.4 Å². The summed E-state index contributed by atoms with van der Waals surface area (Å²) in [7, 11) is 0. The van der Waals surface area contributed by atoms with Gasteiger partial charge in [-0.15, -0.1) is 0 Å². The van der Waals surface area contributed by atoms with Crippen molar-refractivity contribution in [2.45, 2.75) is 0 Å². The van der Waals surface area contributed by atoms with Gasteiger partial charge in [0.25, 0.3) is 0 Å². The molecule has 0 spiro atoms. The molecule has 1 heteroatoms. The molecule has 1 heterocycles. The highest BCUT2D eigenvalue weighted by Crippen LogP contribution is 2.30. The second-order valence-corrected chi connectivity index (χ2v) is 5.74. The van der Waals surface area contributed by atoms with E-state index >= 15 is 0 Å². The van der Waals surface area contributed by atoms with Crippen molar-refractivity contribution in [3.8, 4) is 0 Å². The molecule has 0 saturated heterocycles. The van der Waals surface area contributed by atoms with Gasteiger partial charge in [0.2, 0.25) is 0 Å². The van der Waals surface area contributed by atoms with Crippen LogP contribution in [0.2, 0.25) is 0 Å². The van der Waals surface area contributed by atoms with Crippen molar-refractivity contribution in [2.75, 3.05) is 0 Å². The van der Waals surface area contributed by atoms with E-state index in [9.17, 15) is 0 Å². The first kappa shape index (κ1) is 11.7. The van der Waals surface area contributed by atoms with Gasteiger partial charge in [0.1, 0.15) is 0 Å². The lowest BCUT2D eigenvalue weighted by atomic mass is 10.0. The van der Waals surface area contributed by atoms with Gasteiger partial charge < -0.3 is 0 Å². The van der Waals surface area contributed by atoms with E-state index in [2.05, 4.69) is 72.8 Å². The SMILES string of the molecule is c1ccc2cc3c(ccc4cc5ccccc5nc43)cc2c1. The zero-order chi connectivity index (χ0) is 14.5. The summed E-state index contributed by atoms with van der Waals surface area (Å²) in [5.74, 6) is 0. The topological polar surface area (TPSA) is 12.9 Å². The van der Waals surface area contributed by atoms with Crippen LogP contribution >= 0.6 is 0 Å². The maximum absolute atomic E-state index is 4.91. The molecule has 0 aliphatic carbocycles. The molecule has 5 rings (SSSR count). The Balaban J connectivity index is 2.00. The van der Waals surface area contributed by atoms with Crippen LogP contribution in [0.15, 0.2) is 78.9 Å². The van der Waals surface area contributed by atoms with E-state index in [1.807, 2.05) is 6.07 Å². The van der Waals surface area contributed by atoms with Crippen molar-refractivity contribution in [3.05, 3.63) is 78.9 Å². The van der Waals surface area contributed by atoms with Crippen LogP contribution in [-0.2, 0) is 0 Å². The summed E-state index contributed by atoms with van der Waals surface area (Å²) in [6.07, 6.45) is 0. The number of hydrogen-bond donors (Lipinski definition) is 0. The molecular formula is C21H13N. The van der Waals surface area contributed by atoms with Gasteiger partial charge in [0.15, 0.2) is 0 Å². The lowest BCUT2D eigenvalue weighted by molar-refractivity contribution is 1.52. The number of benzene rings is 4. The fraction of sp³-hybridized carbons (Fsp3) is 0. The third-order valence-electron chi connectivity index (χ3n) is 4.37. The van der Waals surface area contributed by atoms with Crippen molar-refractivity contribution in [1.82, 2.24) is 4.98 Å². The van der Waals surface area contributed by atoms with Gasteiger partial charge in [-0.25, -0.2) is 4.98 Å². The average molecular weight is 279 g/mol. The van der Waals surface area contributed by atoms with Gasteiger partial charge >= 0.3 is 0 Å². The number of hydrogen-bond acceptors (Lipinski definition) is 1. The highest BCUT2D eigenvalue weighted by molar-refractivity contribution is 6.12. The molecule has 102 valence electrons. The maximum atomic E-state index is 4.91. The quantitative estimate of drug-likeness (QED) is 0.262. The first-order chi connectivity index (χ1) is 10.9. The van der Waals surface area contributed by atoms with E-state index in [-0.39, 0.29) is 0 Å². The molecule has 0 radical (unpaired) electrons. The second-order valence-electron chi connectivity index (χ2n) is 5.74. The zero-order valence-electron chi connectivity index (χ0n) is 12.0. The van der Waals surface area contributed by atoms with Crippen LogP contribution in [0.3, 0.4) is 0 Å². The molecule has 0 fully saturated rings. The molecule has 0 bridgehead atoms. The Kier molecular flexibility index (Phi) is 2.28. The summed E-state index contributed by atoms with van der Waals surface area (Å²) < 4.78 is 0. The summed E-state index contributed by atoms with van der Waals surface area (Å²) in [6, 6.07) is 27.9. The van der Waals surface area contributed by atoms with Gasteiger partial charge in [-0.05, 0) is 40.4 Å². The molecule has 0 saturated carbocycles. The predicted octanol–water partition coefficient (Wildman–Crippen LogP) is 5.69. The molecule has 1 aromatic heterocycles. The van der Waals surface area contributed by atoms with Crippen LogP contribution in [-0.4, -0.2) is 4.98 Å². The van der Waals surface area contributed by atoms with Gasteiger partial charge in [-0.2, -0.15) is 0 Å². The molecule has 0 amide bonds.